The average Bonchev–Trinajstić information content (AvgIpc) is 3.44. The highest BCUT2D eigenvalue weighted by Crippen LogP contribution is 2.43. The fourth-order valence-corrected chi connectivity index (χ4v) is 7.35. The molecule has 8 amide bonds. The Balaban J connectivity index is 1.79. The number of ether oxygens (including phenoxy) is 4. The zero-order chi connectivity index (χ0) is 60.0. The van der Waals surface area contributed by atoms with Crippen LogP contribution in [0.25, 0.3) is 0 Å². The van der Waals surface area contributed by atoms with E-state index in [9.17, 15) is 67.3 Å². The molecule has 1 aromatic carbocycles. The Labute approximate surface area is 466 Å². The van der Waals surface area contributed by atoms with E-state index in [2.05, 4.69) is 47.9 Å². The number of phosphoric ester groups is 1. The predicted molar refractivity (Wildman–Crippen MR) is 283 cm³/mol. The molecule has 0 aliphatic carbocycles. The molecule has 2 rings (SSSR count). The zero-order valence-electron chi connectivity index (χ0n) is 45.1. The van der Waals surface area contributed by atoms with Crippen molar-refractivity contribution in [3.8, 4) is 0 Å². The molecule has 0 spiro atoms. The highest BCUT2D eigenvalue weighted by molar-refractivity contribution is 7.47. The third-order valence-electron chi connectivity index (χ3n) is 10.7. The Morgan fingerprint density at radius 1 is 0.728 bits per heavy atom. The minimum Gasteiger partial charge on any atom is -0.478 e. The van der Waals surface area contributed by atoms with Crippen LogP contribution in [0.3, 0.4) is 0 Å². The van der Waals surface area contributed by atoms with E-state index in [1.54, 1.807) is 37.3 Å². The second-order valence-corrected chi connectivity index (χ2v) is 18.7. The first-order valence-electron chi connectivity index (χ1n) is 25.8. The molecule has 0 radical (unpaired) electrons. The lowest BCUT2D eigenvalue weighted by molar-refractivity contribution is -0.160. The Hall–Kier alpha value is -7.83. The summed E-state index contributed by atoms with van der Waals surface area (Å²) in [5.41, 5.74) is 4.85. The van der Waals surface area contributed by atoms with Gasteiger partial charge in [0.15, 0.2) is 12.1 Å². The Morgan fingerprint density at radius 2 is 1.37 bits per heavy atom. The van der Waals surface area contributed by atoms with Gasteiger partial charge >= 0.3 is 25.7 Å². The fraction of sp³-hybridized carbons (Fsp3) is 0.551. The van der Waals surface area contributed by atoms with E-state index in [-0.39, 0.29) is 128 Å². The van der Waals surface area contributed by atoms with E-state index in [0.717, 1.165) is 0 Å². The maximum absolute atomic E-state index is 13.9. The largest absolute Gasteiger partial charge is 0.478 e. The molecule has 1 fully saturated rings. The summed E-state index contributed by atoms with van der Waals surface area (Å²) >= 11 is 0. The monoisotopic (exact) mass is 1170 g/mol. The first-order valence-corrected chi connectivity index (χ1v) is 27.3. The summed E-state index contributed by atoms with van der Waals surface area (Å²) in [4.78, 5) is 149. The third-order valence-corrected chi connectivity index (χ3v) is 11.7. The fourth-order valence-electron chi connectivity index (χ4n) is 6.59. The molecule has 1 aromatic rings. The summed E-state index contributed by atoms with van der Waals surface area (Å²) in [5.74, 6) is -9.33. The molecule has 4 atom stereocenters. The van der Waals surface area contributed by atoms with Crippen LogP contribution in [-0.4, -0.2) is 178 Å². The molecule has 450 valence electrons. The highest BCUT2D eigenvalue weighted by atomic mass is 31.2. The van der Waals surface area contributed by atoms with E-state index in [1.165, 1.54) is 13.0 Å². The van der Waals surface area contributed by atoms with Crippen molar-refractivity contribution in [2.45, 2.75) is 96.2 Å². The van der Waals surface area contributed by atoms with Gasteiger partial charge in [-0.05, 0) is 31.2 Å². The summed E-state index contributed by atoms with van der Waals surface area (Å²) in [6.07, 6.45) is 0.706. The van der Waals surface area contributed by atoms with Crippen LogP contribution < -0.4 is 53.6 Å². The van der Waals surface area contributed by atoms with Gasteiger partial charge in [-0.15, -0.1) is 0 Å². The first-order chi connectivity index (χ1) is 38.6. The number of guanidine groups is 1. The number of nitrogens with one attached hydrogen (secondary N) is 10. The number of carbonyl (C=O) groups is 11. The molecule has 14 N–H and O–H groups in total. The standard InChI is InChI=1S/C49H74N11O20P/c1-3-43(67)77-30-33(80-44(68)4-2)31-79-81(73,74)78-24-21-54-39(62)16-15-38(61)53-20-23-76-26-25-75-22-17-40(63)52-18-9-8-13-35-46(70)58-34(14-10-19-55-49(50)51)45(69)56-29-41(64)57-37(28-42(65)66)48(72)60-36(47(71)59-35)27-32-11-6-5-7-12-32/h5-7,11-12,14,28,33,35-36H,3-4,8-10,13,15-27,29-31H2,1-2H3,(H,52,63)(H,53,61)(H,54,62)(H,56,69)(H,57,64)(H,58,70)(H,59,71)(H,60,72)(H,65,66)(H,73,74)(H4,50,51,55)/b34-14-,37-28+/t33-,35+,36-/m1/s1. The van der Waals surface area contributed by atoms with Crippen LogP contribution in [0.4, 0.5) is 0 Å². The van der Waals surface area contributed by atoms with Crippen LogP contribution >= 0.6 is 7.82 Å². The molecule has 0 aromatic heterocycles. The molecular formula is C49H74N11O20P. The highest BCUT2D eigenvalue weighted by Gasteiger charge is 2.31. The van der Waals surface area contributed by atoms with Crippen molar-refractivity contribution in [2.24, 2.45) is 5.73 Å². The second-order valence-electron chi connectivity index (χ2n) is 17.3. The van der Waals surface area contributed by atoms with E-state index >= 15 is 0 Å². The summed E-state index contributed by atoms with van der Waals surface area (Å²) in [6, 6.07) is 5.70. The SMILES string of the molecule is CCC(=O)OC[C@H](COP(=O)(O)OCCNC(=O)CCC(=O)NCCOCCOCCC(=O)NCCCC[C@@H]1NC(=O)[C@@H](Cc2ccccc2)NC(=O)/C(=C\C(=O)O)NC(=O)CNC(=O)/C(=C/CCNC(=N)N)NC1=O)OC(=O)CC. The molecular weight excluding hydrogens is 1090 g/mol. The van der Waals surface area contributed by atoms with E-state index in [1.807, 2.05) is 0 Å². The number of carbonyl (C=O) groups excluding carboxylic acids is 10. The number of carboxylic acids is 1. The van der Waals surface area contributed by atoms with Gasteiger partial charge in [0.2, 0.25) is 35.4 Å². The van der Waals surface area contributed by atoms with Crippen LogP contribution in [0.1, 0.15) is 77.2 Å². The molecule has 1 aliphatic heterocycles. The van der Waals surface area contributed by atoms with Gasteiger partial charge in [-0.25, -0.2) is 9.36 Å². The topological polar surface area (TPSA) is 459 Å². The van der Waals surface area contributed by atoms with Gasteiger partial charge in [0, 0.05) is 64.7 Å². The summed E-state index contributed by atoms with van der Waals surface area (Å²) in [5, 5.41) is 39.1. The normalized spacial score (nSPS) is 17.2. The molecule has 32 heteroatoms. The van der Waals surface area contributed by atoms with Gasteiger partial charge in [-0.1, -0.05) is 50.3 Å². The van der Waals surface area contributed by atoms with Crippen LogP contribution in [0.15, 0.2) is 53.9 Å². The molecule has 81 heavy (non-hydrogen) atoms. The van der Waals surface area contributed by atoms with Gasteiger partial charge in [-0.2, -0.15) is 0 Å². The number of amides is 8. The number of carboxylic acid groups (broad SMARTS) is 1. The number of benzene rings is 1. The van der Waals surface area contributed by atoms with Crippen molar-refractivity contribution < 1.29 is 95.3 Å². The van der Waals surface area contributed by atoms with Gasteiger partial charge < -0.3 is 82.5 Å². The minimum absolute atomic E-state index is 0.00276. The second kappa shape index (κ2) is 39.5. The van der Waals surface area contributed by atoms with Crippen molar-refractivity contribution in [1.82, 2.24) is 47.9 Å². The molecule has 1 heterocycles. The lowest BCUT2D eigenvalue weighted by Gasteiger charge is -2.24. The Kier molecular flexibility index (Phi) is 33.8. The number of aliphatic carboxylic acids is 1. The smallest absolute Gasteiger partial charge is 0.472 e. The van der Waals surface area contributed by atoms with Crippen LogP contribution in [0, 0.1) is 5.41 Å². The lowest BCUT2D eigenvalue weighted by Crippen LogP contribution is -2.55. The van der Waals surface area contributed by atoms with E-state index in [0.29, 0.717) is 18.1 Å². The van der Waals surface area contributed by atoms with Crippen molar-refractivity contribution in [1.29, 1.82) is 5.41 Å². The Morgan fingerprint density at radius 3 is 2.02 bits per heavy atom. The maximum Gasteiger partial charge on any atom is 0.472 e. The lowest BCUT2D eigenvalue weighted by atomic mass is 10.0. The first kappa shape index (κ1) is 69.3. The van der Waals surface area contributed by atoms with Gasteiger partial charge in [-0.3, -0.25) is 62.4 Å². The van der Waals surface area contributed by atoms with Gasteiger partial charge in [0.25, 0.3) is 11.8 Å². The number of phosphoric acid groups is 1. The summed E-state index contributed by atoms with van der Waals surface area (Å²) in [6.45, 7) is 1.46. The molecule has 1 aliphatic rings. The van der Waals surface area contributed by atoms with Crippen LogP contribution in [0.5, 0.6) is 0 Å². The van der Waals surface area contributed by atoms with E-state index < -0.39 is 117 Å². The number of hydrogen-bond donors (Lipinski definition) is 13. The van der Waals surface area contributed by atoms with E-state index in [4.69, 9.17) is 39.1 Å². The maximum atomic E-state index is 13.9. The number of unbranched alkanes of at least 4 members (excludes halogenated alkanes) is 1. The number of rotatable bonds is 35. The van der Waals surface area contributed by atoms with Crippen molar-refractivity contribution in [2.75, 3.05) is 79.0 Å². The van der Waals surface area contributed by atoms with Gasteiger partial charge in [0.05, 0.1) is 52.3 Å². The molecule has 0 saturated carbocycles. The van der Waals surface area contributed by atoms with Crippen LogP contribution in [-0.2, 0) is 91.7 Å². The number of hydrogen-bond acceptors (Lipinski definition) is 19. The minimum atomic E-state index is -4.65. The van der Waals surface area contributed by atoms with Crippen molar-refractivity contribution in [3.63, 3.8) is 0 Å². The number of esters is 2. The molecule has 1 unspecified atom stereocenters. The van der Waals surface area contributed by atoms with Crippen molar-refractivity contribution >= 4 is 78.9 Å². The van der Waals surface area contributed by atoms with Crippen molar-refractivity contribution in [3.05, 3.63) is 59.4 Å². The molecule has 1 saturated heterocycles. The van der Waals surface area contributed by atoms with Gasteiger partial charge in [0.1, 0.15) is 30.1 Å². The zero-order valence-corrected chi connectivity index (χ0v) is 46.0. The van der Waals surface area contributed by atoms with Crippen LogP contribution in [0.2, 0.25) is 0 Å². The average molecular weight is 1170 g/mol. The molecule has 31 nitrogen and oxygen atoms in total. The Bertz CT molecular complexity index is 2410. The number of nitrogens with two attached hydrogens (primary N) is 1. The molecule has 0 bridgehead atoms. The predicted octanol–water partition coefficient (Wildman–Crippen LogP) is -2.58. The summed E-state index contributed by atoms with van der Waals surface area (Å²) in [7, 11) is -4.65. The quantitative estimate of drug-likeness (QED) is 0.00829. The summed E-state index contributed by atoms with van der Waals surface area (Å²) < 4.78 is 42.7. The third kappa shape index (κ3) is 32.7.